The number of aryl methyl sites for hydroxylation is 1. The molecular formula is C18H25NO2. The lowest BCUT2D eigenvalue weighted by molar-refractivity contribution is 0.352. The second-order valence-electron chi connectivity index (χ2n) is 7.15. The van der Waals surface area contributed by atoms with E-state index in [1.54, 1.807) is 14.2 Å². The standard InChI is InChI=1S/C18H25NO2/c1-9-6-13(20-2)14(21-3)8-12(9)18(19)17-15-10-4-5-11(7-10)16(15)17/h6,8,10-11,15-18H,4-5,7,19H2,1-3H3. The number of hydrogen-bond donors (Lipinski definition) is 1. The molecule has 3 aliphatic rings. The fraction of sp³-hybridized carbons (Fsp3) is 0.667. The van der Waals surface area contributed by atoms with Gasteiger partial charge in [0.1, 0.15) is 0 Å². The van der Waals surface area contributed by atoms with Gasteiger partial charge in [0, 0.05) is 6.04 Å². The van der Waals surface area contributed by atoms with Crippen LogP contribution in [0.5, 0.6) is 11.5 Å². The van der Waals surface area contributed by atoms with Crippen LogP contribution in [-0.2, 0) is 0 Å². The summed E-state index contributed by atoms with van der Waals surface area (Å²) >= 11 is 0. The fourth-order valence-electron chi connectivity index (χ4n) is 5.44. The van der Waals surface area contributed by atoms with Crippen molar-refractivity contribution in [3.8, 4) is 11.5 Å². The van der Waals surface area contributed by atoms with Gasteiger partial charge < -0.3 is 15.2 Å². The topological polar surface area (TPSA) is 44.5 Å². The first kappa shape index (κ1) is 13.4. The van der Waals surface area contributed by atoms with Gasteiger partial charge in [-0.05, 0) is 79.0 Å². The Hall–Kier alpha value is -1.22. The molecule has 2 N–H and O–H groups in total. The van der Waals surface area contributed by atoms with Crippen LogP contribution in [0.3, 0.4) is 0 Å². The number of methoxy groups -OCH3 is 2. The Bertz CT molecular complexity index is 555. The van der Waals surface area contributed by atoms with Crippen LogP contribution in [0.2, 0.25) is 0 Å². The van der Waals surface area contributed by atoms with Gasteiger partial charge in [0.25, 0.3) is 0 Å². The third-order valence-corrected chi connectivity index (χ3v) is 6.34. The summed E-state index contributed by atoms with van der Waals surface area (Å²) in [6.07, 6.45) is 4.36. The minimum atomic E-state index is 0.156. The average Bonchev–Trinajstić information content (AvgIpc) is 2.93. The molecule has 0 aromatic heterocycles. The Kier molecular flexibility index (Phi) is 2.97. The molecule has 1 aromatic carbocycles. The zero-order valence-corrected chi connectivity index (χ0v) is 13.1. The molecule has 3 saturated carbocycles. The quantitative estimate of drug-likeness (QED) is 0.924. The molecule has 3 aliphatic carbocycles. The minimum absolute atomic E-state index is 0.156. The van der Waals surface area contributed by atoms with Crippen molar-refractivity contribution in [2.45, 2.75) is 32.2 Å². The van der Waals surface area contributed by atoms with Gasteiger partial charge in [-0.1, -0.05) is 0 Å². The molecule has 3 nitrogen and oxygen atoms in total. The molecule has 0 aliphatic heterocycles. The maximum Gasteiger partial charge on any atom is 0.161 e. The first-order valence-corrected chi connectivity index (χ1v) is 8.13. The largest absolute Gasteiger partial charge is 0.493 e. The first-order chi connectivity index (χ1) is 10.2. The van der Waals surface area contributed by atoms with E-state index < -0.39 is 0 Å². The van der Waals surface area contributed by atoms with E-state index in [9.17, 15) is 0 Å². The van der Waals surface area contributed by atoms with E-state index in [-0.39, 0.29) is 6.04 Å². The monoisotopic (exact) mass is 287 g/mol. The number of fused-ring (bicyclic) bond motifs is 5. The summed E-state index contributed by atoms with van der Waals surface area (Å²) in [5.41, 5.74) is 9.12. The molecule has 0 amide bonds. The second kappa shape index (κ2) is 4.64. The molecule has 0 radical (unpaired) electrons. The molecule has 114 valence electrons. The summed E-state index contributed by atoms with van der Waals surface area (Å²) in [7, 11) is 3.37. The van der Waals surface area contributed by atoms with Crippen molar-refractivity contribution in [2.75, 3.05) is 14.2 Å². The average molecular weight is 287 g/mol. The zero-order valence-electron chi connectivity index (χ0n) is 13.1. The number of benzene rings is 1. The third-order valence-electron chi connectivity index (χ3n) is 6.34. The van der Waals surface area contributed by atoms with Crippen LogP contribution >= 0.6 is 0 Å². The van der Waals surface area contributed by atoms with Crippen LogP contribution in [0.15, 0.2) is 12.1 Å². The van der Waals surface area contributed by atoms with Crippen molar-refractivity contribution in [3.63, 3.8) is 0 Å². The van der Waals surface area contributed by atoms with Crippen molar-refractivity contribution in [2.24, 2.45) is 35.3 Å². The molecule has 3 fully saturated rings. The molecular weight excluding hydrogens is 262 g/mol. The van der Waals surface area contributed by atoms with Crippen LogP contribution in [-0.4, -0.2) is 14.2 Å². The Morgan fingerprint density at radius 3 is 2.19 bits per heavy atom. The fourth-order valence-corrected chi connectivity index (χ4v) is 5.44. The van der Waals surface area contributed by atoms with Gasteiger partial charge >= 0.3 is 0 Å². The van der Waals surface area contributed by atoms with Gasteiger partial charge in [-0.2, -0.15) is 0 Å². The smallest absolute Gasteiger partial charge is 0.161 e. The number of rotatable bonds is 4. The zero-order chi connectivity index (χ0) is 14.7. The molecule has 0 saturated heterocycles. The van der Waals surface area contributed by atoms with Crippen molar-refractivity contribution in [1.29, 1.82) is 0 Å². The van der Waals surface area contributed by atoms with E-state index in [1.165, 1.54) is 30.4 Å². The van der Waals surface area contributed by atoms with Gasteiger partial charge in [0.15, 0.2) is 11.5 Å². The van der Waals surface area contributed by atoms with E-state index in [1.807, 2.05) is 0 Å². The van der Waals surface area contributed by atoms with Crippen molar-refractivity contribution < 1.29 is 9.47 Å². The summed E-state index contributed by atoms with van der Waals surface area (Å²) < 4.78 is 10.8. The molecule has 0 spiro atoms. The first-order valence-electron chi connectivity index (χ1n) is 8.13. The Balaban J connectivity index is 1.62. The molecule has 4 rings (SSSR count). The van der Waals surface area contributed by atoms with Crippen LogP contribution in [0.4, 0.5) is 0 Å². The molecule has 0 heterocycles. The molecule has 5 unspecified atom stereocenters. The Labute approximate surface area is 126 Å². The van der Waals surface area contributed by atoms with E-state index in [2.05, 4.69) is 19.1 Å². The highest BCUT2D eigenvalue weighted by Crippen LogP contribution is 2.72. The van der Waals surface area contributed by atoms with E-state index in [0.29, 0.717) is 5.92 Å². The lowest BCUT2D eigenvalue weighted by atomic mass is 9.91. The van der Waals surface area contributed by atoms with Gasteiger partial charge in [0.2, 0.25) is 0 Å². The Morgan fingerprint density at radius 2 is 1.62 bits per heavy atom. The summed E-state index contributed by atoms with van der Waals surface area (Å²) in [4.78, 5) is 0. The lowest BCUT2D eigenvalue weighted by Gasteiger charge is -2.20. The van der Waals surface area contributed by atoms with Crippen molar-refractivity contribution >= 4 is 0 Å². The van der Waals surface area contributed by atoms with Crippen LogP contribution in [0.25, 0.3) is 0 Å². The van der Waals surface area contributed by atoms with Crippen LogP contribution < -0.4 is 15.2 Å². The third kappa shape index (κ3) is 1.83. The van der Waals surface area contributed by atoms with E-state index >= 15 is 0 Å². The summed E-state index contributed by atoms with van der Waals surface area (Å²) in [6, 6.07) is 4.30. The van der Waals surface area contributed by atoms with Gasteiger partial charge in [-0.3, -0.25) is 0 Å². The SMILES string of the molecule is COc1cc(C)c(C(N)C2C3C4CCC(C4)C32)cc1OC. The maximum absolute atomic E-state index is 6.66. The number of hydrogen-bond acceptors (Lipinski definition) is 3. The van der Waals surface area contributed by atoms with Crippen LogP contribution in [0.1, 0.15) is 36.4 Å². The molecule has 1 aromatic rings. The number of nitrogens with two attached hydrogens (primary N) is 1. The van der Waals surface area contributed by atoms with Crippen LogP contribution in [0, 0.1) is 36.5 Å². The van der Waals surface area contributed by atoms with E-state index in [0.717, 1.165) is 35.2 Å². The molecule has 3 heteroatoms. The summed E-state index contributed by atoms with van der Waals surface area (Å²) in [6.45, 7) is 2.13. The van der Waals surface area contributed by atoms with Gasteiger partial charge in [-0.25, -0.2) is 0 Å². The van der Waals surface area contributed by atoms with Crippen molar-refractivity contribution in [3.05, 3.63) is 23.3 Å². The molecule has 21 heavy (non-hydrogen) atoms. The van der Waals surface area contributed by atoms with E-state index in [4.69, 9.17) is 15.2 Å². The summed E-state index contributed by atoms with van der Waals surface area (Å²) in [5, 5.41) is 0. The van der Waals surface area contributed by atoms with Gasteiger partial charge in [0.05, 0.1) is 14.2 Å². The maximum atomic E-state index is 6.66. The van der Waals surface area contributed by atoms with Crippen molar-refractivity contribution in [1.82, 2.24) is 0 Å². The molecule has 5 atom stereocenters. The Morgan fingerprint density at radius 1 is 1.05 bits per heavy atom. The normalized spacial score (nSPS) is 37.2. The predicted octanol–water partition coefficient (Wildman–Crippen LogP) is 3.30. The highest BCUT2D eigenvalue weighted by molar-refractivity contribution is 5.48. The number of ether oxygens (including phenoxy) is 2. The highest BCUT2D eigenvalue weighted by Gasteiger charge is 2.66. The predicted molar refractivity (Wildman–Crippen MR) is 82.5 cm³/mol. The summed E-state index contributed by atoms with van der Waals surface area (Å²) in [5.74, 6) is 6.04. The minimum Gasteiger partial charge on any atom is -0.493 e. The molecule has 2 bridgehead atoms. The lowest BCUT2D eigenvalue weighted by Crippen LogP contribution is -2.18. The highest BCUT2D eigenvalue weighted by atomic mass is 16.5. The van der Waals surface area contributed by atoms with Gasteiger partial charge in [-0.15, -0.1) is 0 Å². The second-order valence-corrected chi connectivity index (χ2v) is 7.15.